The predicted molar refractivity (Wildman–Crippen MR) is 63.7 cm³/mol. The summed E-state index contributed by atoms with van der Waals surface area (Å²) >= 11 is 0. The molecule has 0 amide bonds. The van der Waals surface area contributed by atoms with Gasteiger partial charge >= 0.3 is 59.1 Å². The van der Waals surface area contributed by atoms with Gasteiger partial charge in [0.25, 0.3) is 5.97 Å². The molecule has 21 heavy (non-hydrogen) atoms. The van der Waals surface area contributed by atoms with Gasteiger partial charge in [0, 0.05) is 38.5 Å². The minimum atomic E-state index is -1.08. The van der Waals surface area contributed by atoms with Gasteiger partial charge in [-0.1, -0.05) is 0 Å². The number of hydrogen-bond acceptors (Lipinski definition) is 8. The van der Waals surface area contributed by atoms with Crippen LogP contribution in [0.2, 0.25) is 0 Å². The monoisotopic (exact) mass is 328 g/mol. The van der Waals surface area contributed by atoms with Crippen LogP contribution < -0.4 is 80.4 Å². The average molecular weight is 328 g/mol. The minimum absolute atomic E-state index is 0. The number of nitrogens with one attached hydrogen (secondary N) is 1. The second kappa shape index (κ2) is 37.0. The summed E-state index contributed by atoms with van der Waals surface area (Å²) in [5.41, 5.74) is 5.13. The van der Waals surface area contributed by atoms with E-state index in [9.17, 15) is 0 Å². The zero-order chi connectivity index (χ0) is 16.3. The van der Waals surface area contributed by atoms with E-state index in [1.54, 1.807) is 0 Å². The number of rotatable bonds is 4. The molecule has 0 atom stereocenters. The van der Waals surface area contributed by atoms with E-state index in [1.807, 2.05) is 0 Å². The molecule has 116 valence electrons. The van der Waals surface area contributed by atoms with Gasteiger partial charge in [-0.05, 0) is 13.8 Å². The van der Waals surface area contributed by atoms with Crippen molar-refractivity contribution in [2.24, 2.45) is 5.73 Å². The number of carboxylic acids is 3. The fourth-order valence-electron chi connectivity index (χ4n) is 0.306. The number of aliphatic carboxylic acids is 3. The molecule has 0 aliphatic carbocycles. The van der Waals surface area contributed by atoms with Gasteiger partial charge in [0.1, 0.15) is 0 Å². The van der Waals surface area contributed by atoms with Gasteiger partial charge in [0.05, 0.1) is 6.61 Å². The molecule has 0 heterocycles. The summed E-state index contributed by atoms with van der Waals surface area (Å²) in [6.45, 7) is 5.30. The van der Waals surface area contributed by atoms with E-state index in [2.05, 4.69) is 5.32 Å². The molecule has 0 fully saturated rings. The molecule has 0 unspecified atom stereocenters. The van der Waals surface area contributed by atoms with Crippen molar-refractivity contribution in [2.45, 2.75) is 20.8 Å². The van der Waals surface area contributed by atoms with Crippen LogP contribution in [0.4, 0.5) is 0 Å². The van der Waals surface area contributed by atoms with Crippen molar-refractivity contribution >= 4 is 17.9 Å². The van der Waals surface area contributed by atoms with Crippen molar-refractivity contribution in [1.82, 2.24) is 5.32 Å². The number of carbonyl (C=O) groups is 3. The van der Waals surface area contributed by atoms with Crippen LogP contribution in [0.25, 0.3) is 0 Å². The first-order chi connectivity index (χ1) is 8.61. The molecule has 0 spiro atoms. The Labute approximate surface area is 168 Å². The summed E-state index contributed by atoms with van der Waals surface area (Å²) in [4.78, 5) is 26.8. The third kappa shape index (κ3) is 369. The second-order valence-electron chi connectivity index (χ2n) is 2.76. The fraction of sp³-hybridized carbons (Fsp3) is 0.700. The third-order valence-corrected chi connectivity index (χ3v) is 0.610. The van der Waals surface area contributed by atoms with Gasteiger partial charge in [-0.15, -0.1) is 0 Å². The maximum atomic E-state index is 9.00. The number of nitrogens with two attached hydrogens (primary N) is 1. The number of aliphatic hydroxyl groups excluding tert-OH is 1. The van der Waals surface area contributed by atoms with E-state index in [1.165, 1.54) is 0 Å². The van der Waals surface area contributed by atoms with Crippen molar-refractivity contribution in [2.75, 3.05) is 26.2 Å². The first kappa shape index (κ1) is 37.5. The van der Waals surface area contributed by atoms with Crippen LogP contribution in [0.3, 0.4) is 0 Å². The number of hydrogen-bond donors (Lipinski definition) is 4. The van der Waals surface area contributed by atoms with Crippen molar-refractivity contribution in [3.8, 4) is 0 Å². The van der Waals surface area contributed by atoms with E-state index in [4.69, 9.17) is 40.5 Å². The molecule has 0 aromatic carbocycles. The predicted octanol–water partition coefficient (Wildman–Crippen LogP) is -9.86. The van der Waals surface area contributed by atoms with Crippen molar-refractivity contribution in [3.63, 3.8) is 0 Å². The van der Waals surface area contributed by atoms with E-state index in [0.717, 1.165) is 27.3 Å². The number of aliphatic hydroxyl groups is 1. The summed E-state index contributed by atoms with van der Waals surface area (Å²) in [7, 11) is 0. The van der Waals surface area contributed by atoms with Crippen LogP contribution in [0.1, 0.15) is 20.8 Å². The van der Waals surface area contributed by atoms with Crippen LogP contribution in [0, 0.1) is 0 Å². The topological polar surface area (TPSA) is 176 Å². The second-order valence-corrected chi connectivity index (χ2v) is 2.76. The third-order valence-electron chi connectivity index (χ3n) is 0.610. The number of carboxylic acid groups (broad SMARTS) is 3. The average Bonchev–Trinajstić information content (AvgIpc) is 2.15. The summed E-state index contributed by atoms with van der Waals surface area (Å²) in [6.07, 6.45) is 0. The van der Waals surface area contributed by atoms with Gasteiger partial charge in [-0.2, -0.15) is 0 Å². The fourth-order valence-corrected chi connectivity index (χ4v) is 0.306. The van der Waals surface area contributed by atoms with E-state index in [0.29, 0.717) is 13.1 Å². The van der Waals surface area contributed by atoms with Crippen LogP contribution in [-0.2, 0) is 14.4 Å². The maximum Gasteiger partial charge on any atom is 1.00 e. The molecule has 0 radical (unpaired) electrons. The summed E-state index contributed by atoms with van der Waals surface area (Å²) in [5, 5.41) is 36.3. The minimum Gasteiger partial charge on any atom is -0.550 e. The van der Waals surface area contributed by atoms with E-state index in [-0.39, 0.29) is 65.7 Å². The molecule has 0 aromatic heterocycles. The summed E-state index contributed by atoms with van der Waals surface area (Å²) in [5.74, 6) is -3.00. The van der Waals surface area contributed by atoms with Gasteiger partial charge in [-0.25, -0.2) is 0 Å². The van der Waals surface area contributed by atoms with Crippen LogP contribution in [0.15, 0.2) is 0 Å². The van der Waals surface area contributed by atoms with E-state index >= 15 is 0 Å². The van der Waals surface area contributed by atoms with Crippen molar-refractivity contribution in [3.05, 3.63) is 0 Å². The summed E-state index contributed by atoms with van der Waals surface area (Å²) < 4.78 is 0. The summed E-state index contributed by atoms with van der Waals surface area (Å²) in [6, 6.07) is 0. The molecule has 5 N–H and O–H groups in total. The Balaban J connectivity index is -0.0000000359. The van der Waals surface area contributed by atoms with Gasteiger partial charge < -0.3 is 41.1 Å². The Morgan fingerprint density at radius 1 is 1.00 bits per heavy atom. The Morgan fingerprint density at radius 3 is 1.38 bits per heavy atom. The maximum absolute atomic E-state index is 9.00. The smallest absolute Gasteiger partial charge is 0.550 e. The van der Waals surface area contributed by atoms with E-state index < -0.39 is 17.9 Å². The molecule has 0 saturated carbocycles. The zero-order valence-electron chi connectivity index (χ0n) is 13.3. The van der Waals surface area contributed by atoms with Gasteiger partial charge in [0.15, 0.2) is 0 Å². The quantitative estimate of drug-likeness (QED) is 0.288. The number of carbonyl (C=O) groups excluding carboxylic acids is 2. The molecule has 0 bridgehead atoms. The van der Waals surface area contributed by atoms with Crippen molar-refractivity contribution in [1.29, 1.82) is 0 Å². The van der Waals surface area contributed by atoms with Crippen LogP contribution >= 0.6 is 0 Å². The van der Waals surface area contributed by atoms with Gasteiger partial charge in [0.2, 0.25) is 0 Å². The molecular formula is C10H22N2Na2O7. The Kier molecular flexibility index (Phi) is 66.0. The first-order valence-electron chi connectivity index (χ1n) is 5.18. The van der Waals surface area contributed by atoms with Crippen LogP contribution in [-0.4, -0.2) is 54.4 Å². The molecular weight excluding hydrogens is 306 g/mol. The van der Waals surface area contributed by atoms with Crippen LogP contribution in [0.5, 0.6) is 0 Å². The zero-order valence-corrected chi connectivity index (χ0v) is 17.3. The molecule has 0 saturated heterocycles. The molecule has 11 heteroatoms. The van der Waals surface area contributed by atoms with Crippen molar-refractivity contribution < 1.29 is 93.9 Å². The molecule has 9 nitrogen and oxygen atoms in total. The normalized spacial score (nSPS) is 6.71. The Hall–Kier alpha value is 0.290. The molecule has 0 aromatic rings. The first-order valence-corrected chi connectivity index (χ1v) is 5.18. The largest absolute Gasteiger partial charge is 1.00 e. The Morgan fingerprint density at radius 2 is 1.24 bits per heavy atom. The van der Waals surface area contributed by atoms with Gasteiger partial charge in [-0.3, -0.25) is 4.79 Å². The molecule has 0 aliphatic heterocycles. The standard InChI is InChI=1S/C4H12N2O.3C2H4O2.2Na/c5-1-2-6-3-4-7;3*1-2(3)4;;/h6-7H,1-5H2;3*1H3,(H,3,4);;/q;;;;2*+1/p-2. The SMILES string of the molecule is CC(=O)O.CC(=O)[O-].CC(=O)[O-].NCCNCCO.[Na+].[Na+]. The Bertz CT molecular complexity index is 187. The molecule has 0 rings (SSSR count). The molecule has 0 aliphatic rings.